The van der Waals surface area contributed by atoms with Crippen LogP contribution in [0.1, 0.15) is 52.4 Å². The van der Waals surface area contributed by atoms with Gasteiger partial charge in [-0.3, -0.25) is 4.79 Å². The summed E-state index contributed by atoms with van der Waals surface area (Å²) in [5.74, 6) is -0.199. The van der Waals surface area contributed by atoms with Gasteiger partial charge in [-0.1, -0.05) is 32.6 Å². The van der Waals surface area contributed by atoms with Gasteiger partial charge in [-0.2, -0.15) is 0 Å². The van der Waals surface area contributed by atoms with Gasteiger partial charge in [-0.05, 0) is 6.42 Å². The average Bonchev–Trinajstić information content (AvgIpc) is 2.59. The first-order chi connectivity index (χ1) is 7.22. The Morgan fingerprint density at radius 2 is 2.20 bits per heavy atom. The van der Waals surface area contributed by atoms with Crippen molar-refractivity contribution in [3.05, 3.63) is 0 Å². The number of esters is 1. The molecular formula is C12H22O3. The lowest BCUT2D eigenvalue weighted by atomic mass is 10.1. The predicted octanol–water partition coefficient (Wildman–Crippen LogP) is 2.68. The molecule has 1 fully saturated rings. The predicted molar refractivity (Wildman–Crippen MR) is 58.7 cm³/mol. The molecule has 0 aromatic carbocycles. The highest BCUT2D eigenvalue weighted by molar-refractivity contribution is 5.66. The molecule has 0 bridgehead atoms. The first kappa shape index (κ1) is 12.5. The van der Waals surface area contributed by atoms with Crippen LogP contribution >= 0.6 is 0 Å². The van der Waals surface area contributed by atoms with E-state index in [0.29, 0.717) is 12.7 Å². The van der Waals surface area contributed by atoms with Gasteiger partial charge >= 0.3 is 5.97 Å². The fourth-order valence-electron chi connectivity index (χ4n) is 1.99. The van der Waals surface area contributed by atoms with Crippen LogP contribution in [0, 0.1) is 0 Å². The van der Waals surface area contributed by atoms with E-state index in [9.17, 15) is 4.79 Å². The Bertz CT molecular complexity index is 191. The summed E-state index contributed by atoms with van der Waals surface area (Å²) in [5, 5.41) is 0. The van der Waals surface area contributed by atoms with Crippen molar-refractivity contribution in [1.29, 1.82) is 0 Å². The minimum Gasteiger partial charge on any atom is -0.460 e. The third-order valence-corrected chi connectivity index (χ3v) is 2.76. The molecule has 1 aliphatic heterocycles. The van der Waals surface area contributed by atoms with Gasteiger partial charge in [0.05, 0.1) is 12.7 Å². The molecule has 0 aromatic rings. The van der Waals surface area contributed by atoms with Crippen molar-refractivity contribution in [2.75, 3.05) is 6.61 Å². The van der Waals surface area contributed by atoms with Gasteiger partial charge in [0.15, 0.2) is 0 Å². The van der Waals surface area contributed by atoms with Crippen LogP contribution in [-0.2, 0) is 14.3 Å². The zero-order chi connectivity index (χ0) is 11.1. The van der Waals surface area contributed by atoms with Crippen molar-refractivity contribution in [2.45, 2.75) is 64.6 Å². The average molecular weight is 214 g/mol. The second-order valence-electron chi connectivity index (χ2n) is 4.27. The number of ether oxygens (including phenoxy) is 2. The van der Waals surface area contributed by atoms with Crippen molar-refractivity contribution in [2.24, 2.45) is 0 Å². The van der Waals surface area contributed by atoms with Crippen LogP contribution in [0.15, 0.2) is 0 Å². The van der Waals surface area contributed by atoms with Crippen LogP contribution < -0.4 is 0 Å². The highest BCUT2D eigenvalue weighted by atomic mass is 16.6. The minimum absolute atomic E-state index is 0.00123. The zero-order valence-electron chi connectivity index (χ0n) is 9.83. The van der Waals surface area contributed by atoms with E-state index in [1.165, 1.54) is 32.6 Å². The number of hydrogen-bond donors (Lipinski definition) is 0. The quantitative estimate of drug-likeness (QED) is 0.503. The lowest BCUT2D eigenvalue weighted by Gasteiger charge is -2.09. The van der Waals surface area contributed by atoms with Gasteiger partial charge in [0.2, 0.25) is 0 Å². The summed E-state index contributed by atoms with van der Waals surface area (Å²) in [5.41, 5.74) is 0. The topological polar surface area (TPSA) is 35.5 Å². The molecule has 1 aliphatic rings. The minimum atomic E-state index is -0.199. The molecule has 0 spiro atoms. The molecule has 3 heteroatoms. The van der Waals surface area contributed by atoms with Crippen molar-refractivity contribution in [3.8, 4) is 0 Å². The molecule has 1 rings (SSSR count). The molecular weight excluding hydrogens is 192 g/mol. The molecule has 2 atom stereocenters. The highest BCUT2D eigenvalue weighted by Crippen LogP contribution is 2.21. The second kappa shape index (κ2) is 6.83. The maximum Gasteiger partial charge on any atom is 0.302 e. The van der Waals surface area contributed by atoms with E-state index in [-0.39, 0.29) is 12.1 Å². The van der Waals surface area contributed by atoms with Crippen LogP contribution in [-0.4, -0.2) is 24.8 Å². The van der Waals surface area contributed by atoms with E-state index in [1.54, 1.807) is 0 Å². The van der Waals surface area contributed by atoms with Gasteiger partial charge in [0, 0.05) is 13.3 Å². The molecule has 0 amide bonds. The number of carbonyl (C=O) groups excluding carboxylic acids is 1. The third-order valence-electron chi connectivity index (χ3n) is 2.76. The monoisotopic (exact) mass is 214 g/mol. The van der Waals surface area contributed by atoms with Crippen LogP contribution in [0.3, 0.4) is 0 Å². The SMILES string of the molecule is CCCCCC[C@H]1C[C@@H](OC(C)=O)CO1. The standard InChI is InChI=1S/C12H22O3/c1-3-4-5-6-7-11-8-12(9-14-11)15-10(2)13/h11-12H,3-9H2,1-2H3/t11-,12+/m0/s1. The molecule has 0 aliphatic carbocycles. The summed E-state index contributed by atoms with van der Waals surface area (Å²) in [6.07, 6.45) is 7.38. The largest absolute Gasteiger partial charge is 0.460 e. The fraction of sp³-hybridized carbons (Fsp3) is 0.917. The van der Waals surface area contributed by atoms with E-state index < -0.39 is 0 Å². The molecule has 0 radical (unpaired) electrons. The van der Waals surface area contributed by atoms with Crippen LogP contribution in [0.5, 0.6) is 0 Å². The Morgan fingerprint density at radius 1 is 1.40 bits per heavy atom. The Balaban J connectivity index is 2.05. The highest BCUT2D eigenvalue weighted by Gasteiger charge is 2.26. The first-order valence-corrected chi connectivity index (χ1v) is 6.01. The van der Waals surface area contributed by atoms with Crippen LogP contribution in [0.4, 0.5) is 0 Å². The molecule has 15 heavy (non-hydrogen) atoms. The second-order valence-corrected chi connectivity index (χ2v) is 4.27. The summed E-state index contributed by atoms with van der Waals surface area (Å²) in [7, 11) is 0. The summed E-state index contributed by atoms with van der Waals surface area (Å²) < 4.78 is 10.7. The molecule has 0 unspecified atom stereocenters. The van der Waals surface area contributed by atoms with E-state index >= 15 is 0 Å². The van der Waals surface area contributed by atoms with Crippen molar-refractivity contribution in [1.82, 2.24) is 0 Å². The lowest BCUT2D eigenvalue weighted by Crippen LogP contribution is -2.16. The van der Waals surface area contributed by atoms with Crippen molar-refractivity contribution in [3.63, 3.8) is 0 Å². The van der Waals surface area contributed by atoms with E-state index in [4.69, 9.17) is 9.47 Å². The molecule has 1 saturated heterocycles. The zero-order valence-corrected chi connectivity index (χ0v) is 9.83. The molecule has 1 heterocycles. The number of unbranched alkanes of at least 4 members (excludes halogenated alkanes) is 3. The Labute approximate surface area is 92.1 Å². The summed E-state index contributed by atoms with van der Waals surface area (Å²) in [6.45, 7) is 4.25. The molecule has 0 aromatic heterocycles. The molecule has 88 valence electrons. The van der Waals surface area contributed by atoms with Gasteiger partial charge in [0.25, 0.3) is 0 Å². The molecule has 0 saturated carbocycles. The van der Waals surface area contributed by atoms with Gasteiger partial charge in [-0.15, -0.1) is 0 Å². The Hall–Kier alpha value is -0.570. The maximum atomic E-state index is 10.7. The van der Waals surface area contributed by atoms with Crippen LogP contribution in [0.25, 0.3) is 0 Å². The van der Waals surface area contributed by atoms with Gasteiger partial charge in [0.1, 0.15) is 6.10 Å². The smallest absolute Gasteiger partial charge is 0.302 e. The van der Waals surface area contributed by atoms with Crippen LogP contribution in [0.2, 0.25) is 0 Å². The third kappa shape index (κ3) is 5.17. The Morgan fingerprint density at radius 3 is 2.87 bits per heavy atom. The normalized spacial score (nSPS) is 25.5. The number of carbonyl (C=O) groups is 1. The van der Waals surface area contributed by atoms with Crippen molar-refractivity contribution < 1.29 is 14.3 Å². The lowest BCUT2D eigenvalue weighted by molar-refractivity contribution is -0.146. The Kier molecular flexibility index (Phi) is 5.69. The summed E-state index contributed by atoms with van der Waals surface area (Å²) in [6, 6.07) is 0. The maximum absolute atomic E-state index is 10.7. The summed E-state index contributed by atoms with van der Waals surface area (Å²) in [4.78, 5) is 10.7. The van der Waals surface area contributed by atoms with Gasteiger partial charge < -0.3 is 9.47 Å². The number of hydrogen-bond acceptors (Lipinski definition) is 3. The summed E-state index contributed by atoms with van der Waals surface area (Å²) >= 11 is 0. The van der Waals surface area contributed by atoms with E-state index in [2.05, 4.69) is 6.92 Å². The van der Waals surface area contributed by atoms with E-state index in [0.717, 1.165) is 12.8 Å². The fourth-order valence-corrected chi connectivity index (χ4v) is 1.99. The molecule has 0 N–H and O–H groups in total. The van der Waals surface area contributed by atoms with Crippen molar-refractivity contribution >= 4 is 5.97 Å². The first-order valence-electron chi connectivity index (χ1n) is 6.01. The number of rotatable bonds is 6. The van der Waals surface area contributed by atoms with Gasteiger partial charge in [-0.25, -0.2) is 0 Å². The molecule has 3 nitrogen and oxygen atoms in total. The van der Waals surface area contributed by atoms with E-state index in [1.807, 2.05) is 0 Å².